The molecule has 2 rings (SSSR count). The van der Waals surface area contributed by atoms with Crippen molar-refractivity contribution in [2.75, 3.05) is 12.4 Å². The van der Waals surface area contributed by atoms with Gasteiger partial charge in [-0.1, -0.05) is 26.7 Å². The molecule has 90 valence electrons. The summed E-state index contributed by atoms with van der Waals surface area (Å²) in [6.07, 6.45) is 5.19. The third kappa shape index (κ3) is 1.81. The molecular formula is C12H22N4. The summed E-state index contributed by atoms with van der Waals surface area (Å²) in [4.78, 5) is 0. The topological polar surface area (TPSA) is 42.7 Å². The highest BCUT2D eigenvalue weighted by Gasteiger charge is 2.36. The van der Waals surface area contributed by atoms with Gasteiger partial charge in [0.25, 0.3) is 0 Å². The molecule has 0 bridgehead atoms. The molecule has 1 fully saturated rings. The first kappa shape index (κ1) is 11.4. The fourth-order valence-corrected chi connectivity index (χ4v) is 2.84. The van der Waals surface area contributed by atoms with Crippen molar-refractivity contribution in [3.63, 3.8) is 0 Å². The average Bonchev–Trinajstić information content (AvgIpc) is 2.59. The number of anilines is 1. The molecule has 0 spiro atoms. The van der Waals surface area contributed by atoms with Crippen molar-refractivity contribution in [3.8, 4) is 0 Å². The Balaban J connectivity index is 2.31. The van der Waals surface area contributed by atoms with Gasteiger partial charge in [-0.2, -0.15) is 0 Å². The van der Waals surface area contributed by atoms with Crippen molar-refractivity contribution in [1.29, 1.82) is 0 Å². The molecule has 1 heterocycles. The number of rotatable bonds is 2. The van der Waals surface area contributed by atoms with E-state index in [9.17, 15) is 0 Å². The number of nitrogens with one attached hydrogen (secondary N) is 1. The molecule has 0 radical (unpaired) electrons. The van der Waals surface area contributed by atoms with Crippen LogP contribution in [-0.2, 0) is 7.05 Å². The number of aromatic nitrogens is 3. The Hall–Kier alpha value is -1.06. The summed E-state index contributed by atoms with van der Waals surface area (Å²) >= 11 is 0. The van der Waals surface area contributed by atoms with E-state index in [4.69, 9.17) is 0 Å². The third-order valence-corrected chi connectivity index (χ3v) is 3.95. The predicted octanol–water partition coefficient (Wildman–Crippen LogP) is 2.54. The molecule has 1 aliphatic carbocycles. The highest BCUT2D eigenvalue weighted by molar-refractivity contribution is 5.25. The van der Waals surface area contributed by atoms with Crippen molar-refractivity contribution >= 4 is 5.95 Å². The molecule has 4 heteroatoms. The van der Waals surface area contributed by atoms with Crippen LogP contribution in [0.2, 0.25) is 0 Å². The van der Waals surface area contributed by atoms with Crippen LogP contribution < -0.4 is 5.32 Å². The van der Waals surface area contributed by atoms with E-state index in [0.717, 1.165) is 11.8 Å². The Morgan fingerprint density at radius 1 is 1.31 bits per heavy atom. The Labute approximate surface area is 97.5 Å². The van der Waals surface area contributed by atoms with Crippen LogP contribution in [-0.4, -0.2) is 21.8 Å². The van der Waals surface area contributed by atoms with E-state index in [1.807, 2.05) is 14.1 Å². The Morgan fingerprint density at radius 2 is 2.06 bits per heavy atom. The Bertz CT molecular complexity index is 367. The van der Waals surface area contributed by atoms with Gasteiger partial charge in [0.1, 0.15) is 5.82 Å². The molecular weight excluding hydrogens is 200 g/mol. The van der Waals surface area contributed by atoms with E-state index in [1.54, 1.807) is 0 Å². The number of hydrogen-bond donors (Lipinski definition) is 1. The van der Waals surface area contributed by atoms with Gasteiger partial charge in [-0.05, 0) is 18.3 Å². The van der Waals surface area contributed by atoms with Gasteiger partial charge in [-0.15, -0.1) is 10.2 Å². The van der Waals surface area contributed by atoms with Crippen molar-refractivity contribution < 1.29 is 0 Å². The average molecular weight is 222 g/mol. The largest absolute Gasteiger partial charge is 0.357 e. The van der Waals surface area contributed by atoms with Crippen LogP contribution in [0.25, 0.3) is 0 Å². The lowest BCUT2D eigenvalue weighted by Crippen LogP contribution is -2.28. The van der Waals surface area contributed by atoms with Crippen LogP contribution in [0.5, 0.6) is 0 Å². The zero-order valence-electron chi connectivity index (χ0n) is 10.7. The van der Waals surface area contributed by atoms with Crippen molar-refractivity contribution in [3.05, 3.63) is 5.82 Å². The lowest BCUT2D eigenvalue weighted by atomic mass is 9.68. The normalized spacial score (nSPS) is 24.4. The molecule has 0 aromatic carbocycles. The molecule has 0 amide bonds. The van der Waals surface area contributed by atoms with E-state index in [0.29, 0.717) is 11.3 Å². The minimum absolute atomic E-state index is 0.351. The Kier molecular flexibility index (Phi) is 2.91. The van der Waals surface area contributed by atoms with Crippen LogP contribution in [0.1, 0.15) is 51.3 Å². The second kappa shape index (κ2) is 4.07. The van der Waals surface area contributed by atoms with E-state index in [2.05, 4.69) is 33.9 Å². The molecule has 4 nitrogen and oxygen atoms in total. The minimum Gasteiger partial charge on any atom is -0.357 e. The molecule has 0 aliphatic heterocycles. The molecule has 1 aromatic rings. The summed E-state index contributed by atoms with van der Waals surface area (Å²) in [5, 5.41) is 11.6. The van der Waals surface area contributed by atoms with E-state index >= 15 is 0 Å². The van der Waals surface area contributed by atoms with Crippen LogP contribution in [0.3, 0.4) is 0 Å². The van der Waals surface area contributed by atoms with Crippen molar-refractivity contribution in [2.24, 2.45) is 12.5 Å². The fraction of sp³-hybridized carbons (Fsp3) is 0.833. The highest BCUT2D eigenvalue weighted by Crippen LogP contribution is 2.46. The Morgan fingerprint density at radius 3 is 2.62 bits per heavy atom. The summed E-state index contributed by atoms with van der Waals surface area (Å²) in [5.41, 5.74) is 0.351. The van der Waals surface area contributed by atoms with Gasteiger partial charge in [-0.3, -0.25) is 0 Å². The van der Waals surface area contributed by atoms with Crippen LogP contribution in [0.4, 0.5) is 5.95 Å². The second-order valence-electron chi connectivity index (χ2n) is 5.48. The van der Waals surface area contributed by atoms with E-state index < -0.39 is 0 Å². The summed E-state index contributed by atoms with van der Waals surface area (Å²) < 4.78 is 2.09. The first-order valence-corrected chi connectivity index (χ1v) is 6.13. The van der Waals surface area contributed by atoms with Crippen LogP contribution in [0, 0.1) is 5.41 Å². The lowest BCUT2D eigenvalue weighted by molar-refractivity contribution is 0.189. The molecule has 1 aliphatic rings. The maximum absolute atomic E-state index is 4.36. The molecule has 1 N–H and O–H groups in total. The van der Waals surface area contributed by atoms with Gasteiger partial charge in [0.15, 0.2) is 0 Å². The first-order valence-electron chi connectivity index (χ1n) is 6.13. The smallest absolute Gasteiger partial charge is 0.224 e. The monoisotopic (exact) mass is 222 g/mol. The van der Waals surface area contributed by atoms with Gasteiger partial charge in [0, 0.05) is 20.0 Å². The molecule has 1 atom stereocenters. The van der Waals surface area contributed by atoms with Crippen LogP contribution in [0.15, 0.2) is 0 Å². The van der Waals surface area contributed by atoms with E-state index in [1.165, 1.54) is 25.7 Å². The molecule has 16 heavy (non-hydrogen) atoms. The van der Waals surface area contributed by atoms with Crippen molar-refractivity contribution in [1.82, 2.24) is 14.8 Å². The quantitative estimate of drug-likeness (QED) is 0.836. The lowest BCUT2D eigenvalue weighted by Gasteiger charge is -2.37. The summed E-state index contributed by atoms with van der Waals surface area (Å²) in [5.74, 6) is 2.53. The first-order chi connectivity index (χ1) is 7.56. The van der Waals surface area contributed by atoms with Gasteiger partial charge < -0.3 is 9.88 Å². The highest BCUT2D eigenvalue weighted by atomic mass is 15.3. The third-order valence-electron chi connectivity index (χ3n) is 3.95. The van der Waals surface area contributed by atoms with Crippen molar-refractivity contribution in [2.45, 2.75) is 45.4 Å². The second-order valence-corrected chi connectivity index (χ2v) is 5.48. The maximum Gasteiger partial charge on any atom is 0.224 e. The predicted molar refractivity (Wildman–Crippen MR) is 65.5 cm³/mol. The minimum atomic E-state index is 0.351. The summed E-state index contributed by atoms with van der Waals surface area (Å²) in [6.45, 7) is 4.70. The van der Waals surface area contributed by atoms with Gasteiger partial charge in [0.2, 0.25) is 5.95 Å². The maximum atomic E-state index is 4.36. The fourth-order valence-electron chi connectivity index (χ4n) is 2.84. The van der Waals surface area contributed by atoms with Gasteiger partial charge in [0.05, 0.1) is 0 Å². The summed E-state index contributed by atoms with van der Waals surface area (Å²) in [6, 6.07) is 0. The standard InChI is InChI=1S/C12H22N4/c1-12(2)8-6-5-7-9(12)10-14-15-11(13-3)16(10)4/h9H,5-8H2,1-4H3,(H,13,15). The zero-order valence-corrected chi connectivity index (χ0v) is 10.7. The molecule has 1 unspecified atom stereocenters. The number of hydrogen-bond acceptors (Lipinski definition) is 3. The van der Waals surface area contributed by atoms with Gasteiger partial charge in [-0.25, -0.2) is 0 Å². The van der Waals surface area contributed by atoms with Crippen LogP contribution >= 0.6 is 0 Å². The van der Waals surface area contributed by atoms with E-state index in [-0.39, 0.29) is 0 Å². The summed E-state index contributed by atoms with van der Waals surface area (Å²) in [7, 11) is 3.94. The zero-order chi connectivity index (χ0) is 11.8. The molecule has 1 aromatic heterocycles. The number of nitrogens with zero attached hydrogens (tertiary/aromatic N) is 3. The van der Waals surface area contributed by atoms with Gasteiger partial charge >= 0.3 is 0 Å². The molecule has 0 saturated heterocycles. The SMILES string of the molecule is CNc1nnc(C2CCCCC2(C)C)n1C. The molecule has 1 saturated carbocycles.